The third-order valence-electron chi connectivity index (χ3n) is 4.96. The van der Waals surface area contributed by atoms with Crippen molar-refractivity contribution < 1.29 is 9.72 Å². The van der Waals surface area contributed by atoms with Crippen LogP contribution in [-0.4, -0.2) is 32.6 Å². The highest BCUT2D eigenvalue weighted by Crippen LogP contribution is 2.28. The normalized spacial score (nSPS) is 10.6. The number of carbonyl (C=O) groups is 1. The van der Waals surface area contributed by atoms with Crippen LogP contribution < -0.4 is 0 Å². The molecule has 4 rings (SSSR count). The smallest absolute Gasteiger partial charge is 0.269 e. The molecule has 7 heteroatoms. The maximum absolute atomic E-state index is 13.3. The van der Waals surface area contributed by atoms with E-state index < -0.39 is 4.92 Å². The molecule has 31 heavy (non-hydrogen) atoms. The second-order valence-corrected chi connectivity index (χ2v) is 7.11. The molecule has 0 atom stereocenters. The van der Waals surface area contributed by atoms with Crippen LogP contribution in [0, 0.1) is 10.1 Å². The van der Waals surface area contributed by atoms with E-state index in [1.165, 1.54) is 12.1 Å². The maximum Gasteiger partial charge on any atom is 0.269 e. The van der Waals surface area contributed by atoms with E-state index in [1.54, 1.807) is 35.0 Å². The number of nitro benzene ring substituents is 1. The quantitative estimate of drug-likeness (QED) is 0.339. The summed E-state index contributed by atoms with van der Waals surface area (Å²) in [7, 11) is 1.76. The highest BCUT2D eigenvalue weighted by molar-refractivity contribution is 6.00. The lowest BCUT2D eigenvalue weighted by atomic mass is 10.1. The topological polar surface area (TPSA) is 81.3 Å². The van der Waals surface area contributed by atoms with E-state index in [1.807, 2.05) is 60.7 Å². The van der Waals surface area contributed by atoms with Crippen LogP contribution in [0.3, 0.4) is 0 Å². The first kappa shape index (κ1) is 20.0. The molecule has 1 amide bonds. The first-order valence-corrected chi connectivity index (χ1v) is 9.72. The second kappa shape index (κ2) is 8.62. The number of hydrogen-bond acceptors (Lipinski definition) is 4. The highest BCUT2D eigenvalue weighted by Gasteiger charge is 2.23. The molecule has 1 aromatic heterocycles. The van der Waals surface area contributed by atoms with Gasteiger partial charge in [-0.3, -0.25) is 14.9 Å². The van der Waals surface area contributed by atoms with Crippen molar-refractivity contribution in [3.8, 4) is 16.9 Å². The van der Waals surface area contributed by atoms with Crippen molar-refractivity contribution in [1.82, 2.24) is 14.7 Å². The Labute approximate surface area is 179 Å². The molecule has 3 aromatic carbocycles. The molecule has 7 nitrogen and oxygen atoms in total. The zero-order valence-corrected chi connectivity index (χ0v) is 16.9. The molecule has 154 valence electrons. The zero-order chi connectivity index (χ0) is 21.8. The van der Waals surface area contributed by atoms with E-state index in [0.717, 1.165) is 11.1 Å². The number of non-ortho nitro benzene ring substituents is 1. The van der Waals surface area contributed by atoms with Gasteiger partial charge in [0.05, 0.1) is 28.1 Å². The van der Waals surface area contributed by atoms with E-state index in [-0.39, 0.29) is 11.6 Å². The molecular formula is C24H20N4O3. The summed E-state index contributed by atoms with van der Waals surface area (Å²) in [6.45, 7) is 0.469. The highest BCUT2D eigenvalue weighted by atomic mass is 16.6. The summed E-state index contributed by atoms with van der Waals surface area (Å²) in [4.78, 5) is 25.5. The zero-order valence-electron chi connectivity index (χ0n) is 16.9. The molecule has 0 aliphatic carbocycles. The molecule has 0 bridgehead atoms. The Balaban J connectivity index is 1.74. The maximum atomic E-state index is 13.3. The van der Waals surface area contributed by atoms with Gasteiger partial charge in [0.2, 0.25) is 0 Å². The van der Waals surface area contributed by atoms with Crippen LogP contribution in [0.1, 0.15) is 15.9 Å². The molecule has 0 unspecified atom stereocenters. The van der Waals surface area contributed by atoms with Gasteiger partial charge in [-0.2, -0.15) is 5.10 Å². The van der Waals surface area contributed by atoms with Gasteiger partial charge in [-0.05, 0) is 17.7 Å². The number of rotatable bonds is 6. The first-order chi connectivity index (χ1) is 15.0. The second-order valence-electron chi connectivity index (χ2n) is 7.11. The summed E-state index contributed by atoms with van der Waals surface area (Å²) in [5.74, 6) is -0.157. The Morgan fingerprint density at radius 3 is 2.19 bits per heavy atom. The van der Waals surface area contributed by atoms with Crippen molar-refractivity contribution in [3.63, 3.8) is 0 Å². The number of nitrogens with zero attached hydrogens (tertiary/aromatic N) is 4. The Bertz CT molecular complexity index is 1200. The first-order valence-electron chi connectivity index (χ1n) is 9.72. The lowest BCUT2D eigenvalue weighted by molar-refractivity contribution is -0.384. The molecule has 4 aromatic rings. The molecule has 0 saturated carbocycles. The standard InChI is InChI=1S/C24H20N4O3/c1-26(17-18-8-4-2-5-9-18)24(29)22-16-25-27(23(22)19-10-6-3-7-11-19)20-12-14-21(15-13-20)28(30)31/h2-16H,17H2,1H3. The third-order valence-corrected chi connectivity index (χ3v) is 4.96. The largest absolute Gasteiger partial charge is 0.337 e. The van der Waals surface area contributed by atoms with Gasteiger partial charge in [0, 0.05) is 31.3 Å². The van der Waals surface area contributed by atoms with E-state index in [0.29, 0.717) is 23.5 Å². The predicted octanol–water partition coefficient (Wildman–Crippen LogP) is 4.72. The van der Waals surface area contributed by atoms with Crippen LogP contribution in [0.15, 0.2) is 91.1 Å². The number of benzene rings is 3. The van der Waals surface area contributed by atoms with Crippen molar-refractivity contribution in [2.24, 2.45) is 0 Å². The fraction of sp³-hybridized carbons (Fsp3) is 0.0833. The van der Waals surface area contributed by atoms with Gasteiger partial charge in [-0.1, -0.05) is 60.7 Å². The fourth-order valence-electron chi connectivity index (χ4n) is 3.42. The number of nitro groups is 1. The third kappa shape index (κ3) is 4.20. The predicted molar refractivity (Wildman–Crippen MR) is 118 cm³/mol. The molecule has 0 N–H and O–H groups in total. The number of carbonyl (C=O) groups excluding carboxylic acids is 1. The average molecular weight is 412 g/mol. The summed E-state index contributed by atoms with van der Waals surface area (Å²) in [6, 6.07) is 25.4. The fourth-order valence-corrected chi connectivity index (χ4v) is 3.42. The molecule has 0 radical (unpaired) electrons. The average Bonchev–Trinajstić information content (AvgIpc) is 3.25. The minimum Gasteiger partial charge on any atom is -0.337 e. The van der Waals surface area contributed by atoms with Crippen LogP contribution in [0.25, 0.3) is 16.9 Å². The molecule has 0 saturated heterocycles. The SMILES string of the molecule is CN(Cc1ccccc1)C(=O)c1cnn(-c2ccc([N+](=O)[O-])cc2)c1-c1ccccc1. The number of aromatic nitrogens is 2. The van der Waals surface area contributed by atoms with Crippen molar-refractivity contribution in [1.29, 1.82) is 0 Å². The monoisotopic (exact) mass is 412 g/mol. The summed E-state index contributed by atoms with van der Waals surface area (Å²) in [6.07, 6.45) is 1.55. The van der Waals surface area contributed by atoms with Gasteiger partial charge < -0.3 is 4.90 Å². The summed E-state index contributed by atoms with van der Waals surface area (Å²) < 4.78 is 1.64. The number of hydrogen-bond donors (Lipinski definition) is 0. The van der Waals surface area contributed by atoms with E-state index >= 15 is 0 Å². The minimum atomic E-state index is -0.446. The minimum absolute atomic E-state index is 0.00365. The van der Waals surface area contributed by atoms with Gasteiger partial charge in [0.1, 0.15) is 0 Å². The van der Waals surface area contributed by atoms with E-state index in [4.69, 9.17) is 0 Å². The molecule has 0 spiro atoms. The Kier molecular flexibility index (Phi) is 5.57. The van der Waals surface area contributed by atoms with Crippen LogP contribution in [0.5, 0.6) is 0 Å². The molecule has 0 aliphatic heterocycles. The molecule has 1 heterocycles. The van der Waals surface area contributed by atoms with Gasteiger partial charge in [-0.15, -0.1) is 0 Å². The lowest BCUT2D eigenvalue weighted by Gasteiger charge is -2.18. The number of amides is 1. The lowest BCUT2D eigenvalue weighted by Crippen LogP contribution is -2.26. The van der Waals surface area contributed by atoms with Crippen molar-refractivity contribution in [2.45, 2.75) is 6.54 Å². The van der Waals surface area contributed by atoms with Crippen molar-refractivity contribution >= 4 is 11.6 Å². The van der Waals surface area contributed by atoms with Gasteiger partial charge >= 0.3 is 0 Å². The van der Waals surface area contributed by atoms with Crippen LogP contribution >= 0.6 is 0 Å². The van der Waals surface area contributed by atoms with Crippen LogP contribution in [0.2, 0.25) is 0 Å². The van der Waals surface area contributed by atoms with Crippen molar-refractivity contribution in [2.75, 3.05) is 7.05 Å². The van der Waals surface area contributed by atoms with E-state index in [9.17, 15) is 14.9 Å². The molecule has 0 aliphatic rings. The summed E-state index contributed by atoms with van der Waals surface area (Å²) in [5, 5.41) is 15.4. The van der Waals surface area contributed by atoms with Crippen molar-refractivity contribution in [3.05, 3.63) is 112 Å². The van der Waals surface area contributed by atoms with Crippen LogP contribution in [-0.2, 0) is 6.54 Å². The molecule has 0 fully saturated rings. The molecular weight excluding hydrogens is 392 g/mol. The summed E-state index contributed by atoms with van der Waals surface area (Å²) in [5.41, 5.74) is 3.59. The Morgan fingerprint density at radius 1 is 0.968 bits per heavy atom. The Morgan fingerprint density at radius 2 is 1.58 bits per heavy atom. The van der Waals surface area contributed by atoms with Crippen LogP contribution in [0.4, 0.5) is 5.69 Å². The summed E-state index contributed by atoms with van der Waals surface area (Å²) >= 11 is 0. The van der Waals surface area contributed by atoms with Gasteiger partial charge in [0.15, 0.2) is 0 Å². The Hall–Kier alpha value is -4.26. The van der Waals surface area contributed by atoms with Gasteiger partial charge in [0.25, 0.3) is 11.6 Å². The van der Waals surface area contributed by atoms with E-state index in [2.05, 4.69) is 5.10 Å². The van der Waals surface area contributed by atoms with Gasteiger partial charge in [-0.25, -0.2) is 4.68 Å².